The second-order valence-electron chi connectivity index (χ2n) is 10.2. The molecular formula is C27H35N5O3. The summed E-state index contributed by atoms with van der Waals surface area (Å²) in [5, 5.41) is 7.68. The molecule has 0 radical (unpaired) electrons. The summed E-state index contributed by atoms with van der Waals surface area (Å²) in [5.74, 6) is -0.323. The number of rotatable bonds is 6. The van der Waals surface area contributed by atoms with E-state index < -0.39 is 0 Å². The van der Waals surface area contributed by atoms with E-state index in [1.54, 1.807) is 9.58 Å². The average molecular weight is 478 g/mol. The van der Waals surface area contributed by atoms with Crippen LogP contribution in [0, 0.1) is 5.92 Å². The highest BCUT2D eigenvalue weighted by Crippen LogP contribution is 2.29. The first kappa shape index (κ1) is 23.6. The fourth-order valence-corrected chi connectivity index (χ4v) is 5.48. The fraction of sp³-hybridized carbons (Fsp3) is 0.556. The molecule has 2 atom stereocenters. The fourth-order valence-electron chi connectivity index (χ4n) is 5.48. The Morgan fingerprint density at radius 2 is 1.86 bits per heavy atom. The smallest absolute Gasteiger partial charge is 0.274 e. The van der Waals surface area contributed by atoms with Gasteiger partial charge < -0.3 is 15.1 Å². The number of nitrogens with one attached hydrogen (secondary N) is 1. The number of hydrogen-bond donors (Lipinski definition) is 1. The number of benzene rings is 1. The van der Waals surface area contributed by atoms with Crippen LogP contribution in [0.3, 0.4) is 0 Å². The van der Waals surface area contributed by atoms with E-state index in [2.05, 4.69) is 10.4 Å². The maximum atomic E-state index is 13.6. The molecule has 1 N–H and O–H groups in total. The summed E-state index contributed by atoms with van der Waals surface area (Å²) in [6, 6.07) is 10.2. The third kappa shape index (κ3) is 4.83. The number of aryl methyl sites for hydroxylation is 1. The first-order valence-corrected chi connectivity index (χ1v) is 12.9. The van der Waals surface area contributed by atoms with E-state index in [0.717, 1.165) is 48.9 Å². The van der Waals surface area contributed by atoms with Gasteiger partial charge in [0.15, 0.2) is 5.69 Å². The number of piperidine rings is 1. The Bertz CT molecular complexity index is 1110. The number of aromatic nitrogens is 2. The molecule has 1 saturated heterocycles. The summed E-state index contributed by atoms with van der Waals surface area (Å²) >= 11 is 0. The minimum Gasteiger partial charge on any atom is -0.353 e. The molecule has 0 bridgehead atoms. The molecule has 2 aliphatic heterocycles. The highest BCUT2D eigenvalue weighted by molar-refractivity contribution is 5.95. The molecule has 8 nitrogen and oxygen atoms in total. The first-order valence-electron chi connectivity index (χ1n) is 12.9. The van der Waals surface area contributed by atoms with Crippen molar-refractivity contribution in [1.29, 1.82) is 0 Å². The van der Waals surface area contributed by atoms with Gasteiger partial charge in [-0.25, -0.2) is 0 Å². The van der Waals surface area contributed by atoms with E-state index in [1.807, 2.05) is 49.2 Å². The summed E-state index contributed by atoms with van der Waals surface area (Å²) in [6.45, 7) is 4.11. The zero-order valence-electron chi connectivity index (χ0n) is 20.7. The van der Waals surface area contributed by atoms with E-state index in [9.17, 15) is 14.4 Å². The van der Waals surface area contributed by atoms with Gasteiger partial charge in [0.25, 0.3) is 5.91 Å². The van der Waals surface area contributed by atoms with Crippen molar-refractivity contribution in [3.8, 4) is 0 Å². The van der Waals surface area contributed by atoms with Gasteiger partial charge in [-0.05, 0) is 37.7 Å². The van der Waals surface area contributed by atoms with Crippen molar-refractivity contribution in [3.05, 3.63) is 52.8 Å². The van der Waals surface area contributed by atoms with Crippen LogP contribution >= 0.6 is 0 Å². The van der Waals surface area contributed by atoms with Crippen LogP contribution in [-0.4, -0.2) is 63.0 Å². The lowest BCUT2D eigenvalue weighted by molar-refractivity contribution is -0.134. The largest absolute Gasteiger partial charge is 0.353 e. The van der Waals surface area contributed by atoms with Crippen LogP contribution in [0.2, 0.25) is 0 Å². The second-order valence-corrected chi connectivity index (χ2v) is 10.2. The van der Waals surface area contributed by atoms with Crippen LogP contribution in [-0.2, 0) is 29.6 Å². The lowest BCUT2D eigenvalue weighted by Crippen LogP contribution is -2.46. The van der Waals surface area contributed by atoms with Crippen molar-refractivity contribution in [3.63, 3.8) is 0 Å². The molecule has 8 heteroatoms. The van der Waals surface area contributed by atoms with E-state index in [4.69, 9.17) is 0 Å². The zero-order valence-corrected chi connectivity index (χ0v) is 20.7. The Hall–Kier alpha value is -3.16. The molecular weight excluding hydrogens is 442 g/mol. The van der Waals surface area contributed by atoms with Crippen molar-refractivity contribution in [1.82, 2.24) is 24.9 Å². The van der Waals surface area contributed by atoms with Gasteiger partial charge in [-0.2, -0.15) is 5.10 Å². The molecule has 3 amide bonds. The molecule has 1 saturated carbocycles. The summed E-state index contributed by atoms with van der Waals surface area (Å²) in [5.41, 5.74) is 3.32. The van der Waals surface area contributed by atoms with Crippen LogP contribution in [0.15, 0.2) is 30.3 Å². The van der Waals surface area contributed by atoms with Gasteiger partial charge in [0.05, 0.1) is 11.8 Å². The predicted molar refractivity (Wildman–Crippen MR) is 132 cm³/mol. The van der Waals surface area contributed by atoms with E-state index >= 15 is 0 Å². The molecule has 1 aliphatic carbocycles. The normalized spacial score (nSPS) is 20.8. The Morgan fingerprint density at radius 1 is 1.09 bits per heavy atom. The van der Waals surface area contributed by atoms with Crippen LogP contribution in [0.4, 0.5) is 0 Å². The van der Waals surface area contributed by atoms with Crippen molar-refractivity contribution in [2.45, 2.75) is 64.0 Å². The lowest BCUT2D eigenvalue weighted by Gasteiger charge is -2.33. The third-order valence-corrected chi connectivity index (χ3v) is 7.67. The standard InChI is InChI=1S/C27H35N5O3/c1-3-21(18-8-5-4-6-9-18)26(34)32-15-13-23-22(17-32)24(29-30(23)2)27(35)31-14-7-10-19(16-31)25(33)28-20-11-12-20/h4-6,8-9,19-21H,3,7,10-17H2,1-2H3,(H,28,33)/t19-,21+/m1/s1. The van der Waals surface area contributed by atoms with Gasteiger partial charge in [-0.15, -0.1) is 0 Å². The molecule has 0 spiro atoms. The Kier molecular flexibility index (Phi) is 6.62. The molecule has 3 aliphatic rings. The highest BCUT2D eigenvalue weighted by atomic mass is 16.2. The van der Waals surface area contributed by atoms with Crippen LogP contribution in [0.25, 0.3) is 0 Å². The maximum absolute atomic E-state index is 13.6. The summed E-state index contributed by atoms with van der Waals surface area (Å²) in [4.78, 5) is 43.4. The molecule has 3 heterocycles. The van der Waals surface area contributed by atoms with Crippen LogP contribution in [0.5, 0.6) is 0 Å². The molecule has 1 aromatic carbocycles. The zero-order chi connectivity index (χ0) is 24.5. The molecule has 0 unspecified atom stereocenters. The summed E-state index contributed by atoms with van der Waals surface area (Å²) in [7, 11) is 1.87. The number of nitrogens with zero attached hydrogens (tertiary/aromatic N) is 4. The van der Waals surface area contributed by atoms with Crippen LogP contribution < -0.4 is 5.32 Å². The molecule has 186 valence electrons. The number of carbonyl (C=O) groups is 3. The Morgan fingerprint density at radius 3 is 2.57 bits per heavy atom. The maximum Gasteiger partial charge on any atom is 0.274 e. The monoisotopic (exact) mass is 477 g/mol. The molecule has 5 rings (SSSR count). The first-order chi connectivity index (χ1) is 17.0. The molecule has 2 fully saturated rings. The summed E-state index contributed by atoms with van der Waals surface area (Å²) < 4.78 is 1.79. The topological polar surface area (TPSA) is 87.5 Å². The number of fused-ring (bicyclic) bond motifs is 1. The SMILES string of the molecule is CC[C@H](C(=O)N1CCc2c(c(C(=O)N3CCC[C@@H](C(=O)NC4CC4)C3)nn2C)C1)c1ccccc1. The van der Waals surface area contributed by atoms with E-state index in [1.165, 1.54) is 0 Å². The van der Waals surface area contributed by atoms with Crippen molar-refractivity contribution < 1.29 is 14.4 Å². The Labute approximate surface area is 206 Å². The molecule has 2 aromatic rings. The quantitative estimate of drug-likeness (QED) is 0.693. The third-order valence-electron chi connectivity index (χ3n) is 7.67. The second kappa shape index (κ2) is 9.84. The van der Waals surface area contributed by atoms with Crippen molar-refractivity contribution in [2.24, 2.45) is 13.0 Å². The number of carbonyl (C=O) groups excluding carboxylic acids is 3. The molecule has 1 aromatic heterocycles. The molecule has 35 heavy (non-hydrogen) atoms. The van der Waals surface area contributed by atoms with E-state index in [0.29, 0.717) is 44.3 Å². The Balaban J connectivity index is 1.32. The number of amides is 3. The lowest BCUT2D eigenvalue weighted by atomic mass is 9.93. The van der Waals surface area contributed by atoms with Gasteiger partial charge in [-0.3, -0.25) is 19.1 Å². The van der Waals surface area contributed by atoms with Crippen molar-refractivity contribution >= 4 is 17.7 Å². The van der Waals surface area contributed by atoms with Gasteiger partial charge >= 0.3 is 0 Å². The van der Waals surface area contributed by atoms with Gasteiger partial charge in [0.2, 0.25) is 11.8 Å². The van der Waals surface area contributed by atoms with Gasteiger partial charge in [0.1, 0.15) is 0 Å². The minimum absolute atomic E-state index is 0.0661. The van der Waals surface area contributed by atoms with E-state index in [-0.39, 0.29) is 29.6 Å². The van der Waals surface area contributed by atoms with Crippen LogP contribution in [0.1, 0.15) is 72.3 Å². The van der Waals surface area contributed by atoms with Gasteiger partial charge in [0, 0.05) is 56.9 Å². The predicted octanol–water partition coefficient (Wildman–Crippen LogP) is 2.63. The summed E-state index contributed by atoms with van der Waals surface area (Å²) in [6.07, 6.45) is 5.13. The van der Waals surface area contributed by atoms with Crippen molar-refractivity contribution in [2.75, 3.05) is 19.6 Å². The number of likely N-dealkylation sites (tertiary alicyclic amines) is 1. The minimum atomic E-state index is -0.193. The van der Waals surface area contributed by atoms with Gasteiger partial charge in [-0.1, -0.05) is 37.3 Å². The average Bonchev–Trinajstić information content (AvgIpc) is 3.65. The number of hydrogen-bond acceptors (Lipinski definition) is 4. The highest BCUT2D eigenvalue weighted by Gasteiger charge is 2.36.